The summed E-state index contributed by atoms with van der Waals surface area (Å²) in [5.41, 5.74) is 10.7. The standard InChI is InChI=1S/C54H43N7/c1-53(2,3)34-24-27-47-40(30-34)41-31-35(54(4,5)6)25-28-48(41)59(47)49-26-23-33(32-55)29-42(49)50-56-51(60-43-19-11-7-15-36(43)37-16-8-12-20-44(37)60)58-52(57-50)61-45-21-13-9-17-38(45)39-18-10-14-22-46(39)61/h7-31H,1-6H3. The van der Waals surface area contributed by atoms with Gasteiger partial charge in [-0.1, -0.05) is 126 Å². The zero-order valence-corrected chi connectivity index (χ0v) is 35.1. The summed E-state index contributed by atoms with van der Waals surface area (Å²) in [5, 5.41) is 17.3. The lowest BCUT2D eigenvalue weighted by atomic mass is 9.85. The molecular formula is C54H43N7. The molecular weight excluding hydrogens is 747 g/mol. The first-order chi connectivity index (χ1) is 29.5. The Morgan fingerprint density at radius 2 is 0.803 bits per heavy atom. The van der Waals surface area contributed by atoms with Gasteiger partial charge in [-0.3, -0.25) is 9.13 Å². The Hall–Kier alpha value is -7.56. The second kappa shape index (κ2) is 13.2. The van der Waals surface area contributed by atoms with E-state index in [9.17, 15) is 5.26 Å². The van der Waals surface area contributed by atoms with Crippen LogP contribution in [-0.2, 0) is 10.8 Å². The van der Waals surface area contributed by atoms with Gasteiger partial charge in [-0.2, -0.15) is 20.2 Å². The van der Waals surface area contributed by atoms with Crippen LogP contribution in [0, 0.1) is 11.3 Å². The fraction of sp³-hybridized carbons (Fsp3) is 0.148. The fourth-order valence-corrected chi connectivity index (χ4v) is 9.15. The van der Waals surface area contributed by atoms with E-state index in [4.69, 9.17) is 15.0 Å². The zero-order valence-electron chi connectivity index (χ0n) is 35.1. The van der Waals surface area contributed by atoms with Gasteiger partial charge in [0.05, 0.1) is 50.4 Å². The van der Waals surface area contributed by atoms with Gasteiger partial charge >= 0.3 is 0 Å². The lowest BCUT2D eigenvalue weighted by Crippen LogP contribution is -2.11. The Bertz CT molecular complexity index is 3320. The van der Waals surface area contributed by atoms with E-state index in [2.05, 4.69) is 195 Å². The maximum atomic E-state index is 10.5. The summed E-state index contributed by atoms with van der Waals surface area (Å²) in [6.45, 7) is 13.6. The first kappa shape index (κ1) is 36.5. The molecule has 0 unspecified atom stereocenters. The van der Waals surface area contributed by atoms with Crippen LogP contribution < -0.4 is 0 Å². The van der Waals surface area contributed by atoms with Crippen LogP contribution in [0.5, 0.6) is 0 Å². The number of nitrogens with zero attached hydrogens (tertiary/aromatic N) is 7. The highest BCUT2D eigenvalue weighted by Gasteiger charge is 2.25. The Labute approximate surface area is 353 Å². The highest BCUT2D eigenvalue weighted by molar-refractivity contribution is 6.12. The van der Waals surface area contributed by atoms with Crippen LogP contribution in [0.1, 0.15) is 58.2 Å². The number of hydrogen-bond acceptors (Lipinski definition) is 4. The molecule has 11 rings (SSSR count). The molecule has 0 radical (unpaired) electrons. The van der Waals surface area contributed by atoms with Gasteiger partial charge < -0.3 is 4.57 Å². The number of aromatic nitrogens is 6. The lowest BCUT2D eigenvalue weighted by molar-refractivity contribution is 0.590. The van der Waals surface area contributed by atoms with E-state index in [-0.39, 0.29) is 10.8 Å². The van der Waals surface area contributed by atoms with Crippen molar-refractivity contribution >= 4 is 65.4 Å². The smallest absolute Gasteiger partial charge is 0.240 e. The molecule has 61 heavy (non-hydrogen) atoms. The van der Waals surface area contributed by atoms with Crippen molar-refractivity contribution in [2.45, 2.75) is 52.4 Å². The molecule has 0 aliphatic heterocycles. The van der Waals surface area contributed by atoms with Crippen molar-refractivity contribution in [2.24, 2.45) is 0 Å². The summed E-state index contributed by atoms with van der Waals surface area (Å²) in [5.74, 6) is 1.43. The first-order valence-electron chi connectivity index (χ1n) is 20.9. The Kier molecular flexibility index (Phi) is 7.92. The number of rotatable bonds is 4. The third kappa shape index (κ3) is 5.67. The van der Waals surface area contributed by atoms with E-state index in [1.54, 1.807) is 0 Å². The van der Waals surface area contributed by atoms with Crippen LogP contribution in [-0.4, -0.2) is 28.7 Å². The fourth-order valence-electron chi connectivity index (χ4n) is 9.15. The minimum atomic E-state index is -0.0405. The molecule has 0 N–H and O–H groups in total. The van der Waals surface area contributed by atoms with E-state index in [1.807, 2.05) is 18.2 Å². The normalized spacial score (nSPS) is 12.4. The van der Waals surface area contributed by atoms with E-state index < -0.39 is 0 Å². The van der Waals surface area contributed by atoms with Gasteiger partial charge in [0.15, 0.2) is 5.82 Å². The van der Waals surface area contributed by atoms with Gasteiger partial charge in [-0.05, 0) is 88.7 Å². The van der Waals surface area contributed by atoms with Crippen molar-refractivity contribution in [1.82, 2.24) is 28.7 Å². The molecule has 7 nitrogen and oxygen atoms in total. The van der Waals surface area contributed by atoms with E-state index in [1.165, 1.54) is 21.9 Å². The van der Waals surface area contributed by atoms with Crippen molar-refractivity contribution < 1.29 is 0 Å². The maximum absolute atomic E-state index is 10.5. The predicted octanol–water partition coefficient (Wildman–Crippen LogP) is 13.3. The van der Waals surface area contributed by atoms with Gasteiger partial charge in [-0.15, -0.1) is 0 Å². The van der Waals surface area contributed by atoms with Gasteiger partial charge in [0.1, 0.15) is 0 Å². The highest BCUT2D eigenvalue weighted by Crippen LogP contribution is 2.41. The van der Waals surface area contributed by atoms with E-state index in [0.29, 0.717) is 23.3 Å². The Morgan fingerprint density at radius 1 is 0.410 bits per heavy atom. The molecule has 11 aromatic rings. The molecule has 0 aliphatic rings. The molecule has 0 aliphatic carbocycles. The minimum Gasteiger partial charge on any atom is -0.308 e. The number of nitriles is 1. The number of hydrogen-bond donors (Lipinski definition) is 0. The van der Waals surface area contributed by atoms with Crippen LogP contribution >= 0.6 is 0 Å². The van der Waals surface area contributed by atoms with Crippen molar-refractivity contribution in [3.05, 3.63) is 168 Å². The monoisotopic (exact) mass is 789 g/mol. The van der Waals surface area contributed by atoms with Gasteiger partial charge in [0.25, 0.3) is 0 Å². The molecule has 7 aromatic carbocycles. The minimum absolute atomic E-state index is 0.0405. The van der Waals surface area contributed by atoms with Crippen LogP contribution in [0.4, 0.5) is 0 Å². The van der Waals surface area contributed by atoms with Crippen molar-refractivity contribution in [1.29, 1.82) is 5.26 Å². The van der Waals surface area contributed by atoms with Crippen LogP contribution in [0.3, 0.4) is 0 Å². The zero-order chi connectivity index (χ0) is 41.8. The molecule has 4 aromatic heterocycles. The highest BCUT2D eigenvalue weighted by atomic mass is 15.3. The average molecular weight is 790 g/mol. The van der Waals surface area contributed by atoms with Crippen LogP contribution in [0.2, 0.25) is 0 Å². The summed E-state index contributed by atoms with van der Waals surface area (Å²) in [4.78, 5) is 16.2. The number of para-hydroxylation sites is 4. The van der Waals surface area contributed by atoms with E-state index >= 15 is 0 Å². The molecule has 0 amide bonds. The van der Waals surface area contributed by atoms with Gasteiger partial charge in [-0.25, -0.2) is 0 Å². The number of benzene rings is 7. The quantitative estimate of drug-likeness (QED) is 0.178. The van der Waals surface area contributed by atoms with Crippen LogP contribution in [0.25, 0.3) is 94.4 Å². The summed E-state index contributed by atoms with van der Waals surface area (Å²) >= 11 is 0. The molecule has 294 valence electrons. The molecule has 0 saturated carbocycles. The summed E-state index contributed by atoms with van der Waals surface area (Å²) in [6.07, 6.45) is 0. The Morgan fingerprint density at radius 3 is 1.20 bits per heavy atom. The van der Waals surface area contributed by atoms with Crippen LogP contribution in [0.15, 0.2) is 152 Å². The first-order valence-corrected chi connectivity index (χ1v) is 20.9. The van der Waals surface area contributed by atoms with Crippen molar-refractivity contribution in [2.75, 3.05) is 0 Å². The van der Waals surface area contributed by atoms with Gasteiger partial charge in [0, 0.05) is 37.9 Å². The molecule has 0 fully saturated rings. The molecule has 0 saturated heterocycles. The number of fused-ring (bicyclic) bond motifs is 9. The second-order valence-electron chi connectivity index (χ2n) is 18.1. The summed E-state index contributed by atoms with van der Waals surface area (Å²) in [7, 11) is 0. The molecule has 0 bridgehead atoms. The van der Waals surface area contributed by atoms with Gasteiger partial charge in [0.2, 0.25) is 11.9 Å². The van der Waals surface area contributed by atoms with Crippen molar-refractivity contribution in [3.8, 4) is 35.0 Å². The lowest BCUT2D eigenvalue weighted by Gasteiger charge is -2.19. The van der Waals surface area contributed by atoms with Crippen molar-refractivity contribution in [3.63, 3.8) is 0 Å². The topological polar surface area (TPSA) is 77.2 Å². The third-order valence-electron chi connectivity index (χ3n) is 12.3. The SMILES string of the molecule is CC(C)(C)c1ccc2c(c1)c1cc(C(C)(C)C)ccc1n2-c1ccc(C#N)cc1-c1nc(-n2c3ccccc3c3ccccc32)nc(-n2c3ccccc3c3ccccc32)n1. The largest absolute Gasteiger partial charge is 0.308 e. The average Bonchev–Trinajstić information content (AvgIpc) is 3.91. The predicted molar refractivity (Wildman–Crippen MR) is 250 cm³/mol. The molecule has 4 heterocycles. The third-order valence-corrected chi connectivity index (χ3v) is 12.3. The molecule has 7 heteroatoms. The Balaban J connectivity index is 1.27. The second-order valence-corrected chi connectivity index (χ2v) is 18.1. The summed E-state index contributed by atoms with van der Waals surface area (Å²) in [6, 6.07) is 55.6. The summed E-state index contributed by atoms with van der Waals surface area (Å²) < 4.78 is 6.61. The van der Waals surface area contributed by atoms with E-state index in [0.717, 1.165) is 65.9 Å². The molecule has 0 atom stereocenters. The maximum Gasteiger partial charge on any atom is 0.240 e. The molecule has 0 spiro atoms.